The maximum atomic E-state index is 4.86. The molecule has 0 aliphatic rings. The lowest BCUT2D eigenvalue weighted by Gasteiger charge is -2.34. The van der Waals surface area contributed by atoms with Crippen molar-refractivity contribution in [1.29, 1.82) is 0 Å². The third-order valence-corrected chi connectivity index (χ3v) is 2.53. The first kappa shape index (κ1) is 15.3. The van der Waals surface area contributed by atoms with E-state index in [0.717, 1.165) is 32.1 Å². The summed E-state index contributed by atoms with van der Waals surface area (Å²) >= 11 is 0. The number of aliphatic imine (C=N–C) groups is 1. The quantitative estimate of drug-likeness (QED) is 0.543. The summed E-state index contributed by atoms with van der Waals surface area (Å²) < 4.78 is 0. The molecular formula is C13H29N3. The molecule has 96 valence electrons. The maximum Gasteiger partial charge on any atom is 0.197 e. The van der Waals surface area contributed by atoms with E-state index in [-0.39, 0.29) is 5.54 Å². The molecule has 0 aliphatic carbocycles. The fourth-order valence-corrected chi connectivity index (χ4v) is 1.65. The van der Waals surface area contributed by atoms with Gasteiger partial charge in [-0.2, -0.15) is 0 Å². The van der Waals surface area contributed by atoms with Crippen molar-refractivity contribution in [2.75, 3.05) is 26.2 Å². The van der Waals surface area contributed by atoms with Crippen LogP contribution < -0.4 is 0 Å². The Balaban J connectivity index is 5.10. The Bertz CT molecular complexity index is 194. The first-order valence-corrected chi connectivity index (χ1v) is 6.49. The van der Waals surface area contributed by atoms with Crippen LogP contribution in [0, 0.1) is 0 Å². The summed E-state index contributed by atoms with van der Waals surface area (Å²) in [7, 11) is 0. The lowest BCUT2D eigenvalue weighted by Crippen LogP contribution is -2.45. The van der Waals surface area contributed by atoms with Crippen LogP contribution in [0.5, 0.6) is 0 Å². The van der Waals surface area contributed by atoms with Crippen LogP contribution in [-0.2, 0) is 0 Å². The Hall–Kier alpha value is -0.730. The van der Waals surface area contributed by atoms with Crippen molar-refractivity contribution in [3.8, 4) is 0 Å². The van der Waals surface area contributed by atoms with Gasteiger partial charge in [0, 0.05) is 26.2 Å². The van der Waals surface area contributed by atoms with E-state index in [0.29, 0.717) is 0 Å². The second kappa shape index (κ2) is 6.77. The van der Waals surface area contributed by atoms with Gasteiger partial charge in [-0.1, -0.05) is 0 Å². The molecule has 16 heavy (non-hydrogen) atoms. The van der Waals surface area contributed by atoms with Gasteiger partial charge in [-0.15, -0.1) is 0 Å². The van der Waals surface area contributed by atoms with E-state index < -0.39 is 0 Å². The van der Waals surface area contributed by atoms with Gasteiger partial charge in [0.2, 0.25) is 0 Å². The normalized spacial score (nSPS) is 11.2. The molecule has 0 unspecified atom stereocenters. The smallest absolute Gasteiger partial charge is 0.197 e. The van der Waals surface area contributed by atoms with Crippen LogP contribution in [-0.4, -0.2) is 47.5 Å². The van der Waals surface area contributed by atoms with E-state index in [9.17, 15) is 0 Å². The fraction of sp³-hybridized carbons (Fsp3) is 0.923. The molecule has 0 amide bonds. The third-order valence-electron chi connectivity index (χ3n) is 2.53. The number of nitrogens with zero attached hydrogens (tertiary/aromatic N) is 3. The largest absolute Gasteiger partial charge is 0.343 e. The summed E-state index contributed by atoms with van der Waals surface area (Å²) in [5.41, 5.74) is -0.0134. The summed E-state index contributed by atoms with van der Waals surface area (Å²) in [6, 6.07) is 0. The predicted molar refractivity (Wildman–Crippen MR) is 73.0 cm³/mol. The van der Waals surface area contributed by atoms with E-state index in [4.69, 9.17) is 4.99 Å². The van der Waals surface area contributed by atoms with E-state index >= 15 is 0 Å². The van der Waals surface area contributed by atoms with E-state index in [1.54, 1.807) is 0 Å². The topological polar surface area (TPSA) is 18.8 Å². The molecule has 0 bridgehead atoms. The van der Waals surface area contributed by atoms with E-state index in [2.05, 4.69) is 58.3 Å². The van der Waals surface area contributed by atoms with Crippen LogP contribution in [0.15, 0.2) is 4.99 Å². The van der Waals surface area contributed by atoms with Crippen molar-refractivity contribution in [3.63, 3.8) is 0 Å². The van der Waals surface area contributed by atoms with E-state index in [1.165, 1.54) is 0 Å². The average Bonchev–Trinajstić information content (AvgIpc) is 2.19. The predicted octanol–water partition coefficient (Wildman–Crippen LogP) is 2.82. The molecule has 3 heteroatoms. The molecule has 0 aliphatic heterocycles. The molecule has 0 fully saturated rings. The van der Waals surface area contributed by atoms with Crippen LogP contribution in [0.1, 0.15) is 48.5 Å². The standard InChI is InChI=1S/C13H29N3/c1-8-15(9-2)12(14-13(5,6)7)16(10-3)11-4/h8-11H2,1-7H3. The first-order valence-electron chi connectivity index (χ1n) is 6.49. The number of guanidine groups is 1. The lowest BCUT2D eigenvalue weighted by atomic mass is 10.1. The van der Waals surface area contributed by atoms with Gasteiger partial charge in [-0.05, 0) is 48.5 Å². The Labute approximate surface area is 102 Å². The number of hydrogen-bond donors (Lipinski definition) is 0. The molecule has 0 N–H and O–H groups in total. The minimum Gasteiger partial charge on any atom is -0.343 e. The van der Waals surface area contributed by atoms with E-state index in [1.807, 2.05) is 0 Å². The second-order valence-corrected chi connectivity index (χ2v) is 4.93. The van der Waals surface area contributed by atoms with Gasteiger partial charge >= 0.3 is 0 Å². The Morgan fingerprint density at radius 2 is 1.12 bits per heavy atom. The third kappa shape index (κ3) is 4.86. The molecule has 3 nitrogen and oxygen atoms in total. The highest BCUT2D eigenvalue weighted by atomic mass is 15.4. The zero-order chi connectivity index (χ0) is 12.8. The van der Waals surface area contributed by atoms with Gasteiger partial charge in [0.1, 0.15) is 0 Å². The highest BCUT2D eigenvalue weighted by molar-refractivity contribution is 5.80. The van der Waals surface area contributed by atoms with Crippen LogP contribution in [0.3, 0.4) is 0 Å². The second-order valence-electron chi connectivity index (χ2n) is 4.93. The van der Waals surface area contributed by atoms with Crippen LogP contribution in [0.4, 0.5) is 0 Å². The lowest BCUT2D eigenvalue weighted by molar-refractivity contribution is 0.340. The highest BCUT2D eigenvalue weighted by Crippen LogP contribution is 2.10. The molecule has 0 saturated carbocycles. The van der Waals surface area contributed by atoms with Gasteiger partial charge in [0.25, 0.3) is 0 Å². The Morgan fingerprint density at radius 3 is 1.31 bits per heavy atom. The molecule has 0 aromatic carbocycles. The van der Waals surface area contributed by atoms with Crippen molar-refractivity contribution in [1.82, 2.24) is 9.80 Å². The maximum absolute atomic E-state index is 4.86. The molecule has 0 rings (SSSR count). The molecular weight excluding hydrogens is 198 g/mol. The molecule has 0 heterocycles. The molecule has 0 radical (unpaired) electrons. The summed E-state index contributed by atoms with van der Waals surface area (Å²) in [6.45, 7) is 19.3. The Kier molecular flexibility index (Phi) is 6.46. The molecule has 0 aromatic rings. The minimum absolute atomic E-state index is 0.0134. The van der Waals surface area contributed by atoms with Crippen molar-refractivity contribution in [3.05, 3.63) is 0 Å². The van der Waals surface area contributed by atoms with Gasteiger partial charge in [0.15, 0.2) is 5.96 Å². The summed E-state index contributed by atoms with van der Waals surface area (Å²) in [5.74, 6) is 1.14. The monoisotopic (exact) mass is 227 g/mol. The average molecular weight is 227 g/mol. The molecule has 0 saturated heterocycles. The van der Waals surface area contributed by atoms with Crippen LogP contribution in [0.25, 0.3) is 0 Å². The van der Waals surface area contributed by atoms with Gasteiger partial charge in [-0.3, -0.25) is 0 Å². The number of hydrogen-bond acceptors (Lipinski definition) is 1. The SMILES string of the molecule is CCN(CC)C(=NC(C)(C)C)N(CC)CC. The van der Waals surface area contributed by atoms with Crippen molar-refractivity contribution in [2.45, 2.75) is 54.0 Å². The number of rotatable bonds is 4. The zero-order valence-corrected chi connectivity index (χ0v) is 12.2. The Morgan fingerprint density at radius 1 is 0.812 bits per heavy atom. The first-order chi connectivity index (χ1) is 7.39. The fourth-order valence-electron chi connectivity index (χ4n) is 1.65. The van der Waals surface area contributed by atoms with Gasteiger partial charge in [0.05, 0.1) is 5.54 Å². The molecule has 0 aromatic heterocycles. The summed E-state index contributed by atoms with van der Waals surface area (Å²) in [5, 5.41) is 0. The van der Waals surface area contributed by atoms with Gasteiger partial charge < -0.3 is 9.80 Å². The van der Waals surface area contributed by atoms with Crippen molar-refractivity contribution in [2.24, 2.45) is 4.99 Å². The van der Waals surface area contributed by atoms with Crippen molar-refractivity contribution >= 4 is 5.96 Å². The molecule has 0 atom stereocenters. The summed E-state index contributed by atoms with van der Waals surface area (Å²) in [6.07, 6.45) is 0. The highest BCUT2D eigenvalue weighted by Gasteiger charge is 2.17. The van der Waals surface area contributed by atoms with Crippen LogP contribution >= 0.6 is 0 Å². The van der Waals surface area contributed by atoms with Crippen LogP contribution in [0.2, 0.25) is 0 Å². The van der Waals surface area contributed by atoms with Crippen molar-refractivity contribution < 1.29 is 0 Å². The minimum atomic E-state index is -0.0134. The van der Waals surface area contributed by atoms with Gasteiger partial charge in [-0.25, -0.2) is 4.99 Å². The molecule has 0 spiro atoms. The zero-order valence-electron chi connectivity index (χ0n) is 12.2. The summed E-state index contributed by atoms with van der Waals surface area (Å²) in [4.78, 5) is 9.52.